The topological polar surface area (TPSA) is 103 Å². The molecule has 1 fully saturated rings. The molecule has 1 aliphatic heterocycles. The molecule has 2 atom stereocenters. The minimum Gasteiger partial charge on any atom is -0.496 e. The number of carbonyl (C=O) groups excluding carboxylic acids is 2. The number of ether oxygens (including phenoxy) is 3. The normalized spacial score (nSPS) is 19.1. The van der Waals surface area contributed by atoms with Crippen molar-refractivity contribution < 1.29 is 23.8 Å². The second kappa shape index (κ2) is 12.7. The van der Waals surface area contributed by atoms with E-state index in [0.717, 1.165) is 45.3 Å². The van der Waals surface area contributed by atoms with Crippen molar-refractivity contribution in [3.63, 3.8) is 0 Å². The van der Waals surface area contributed by atoms with Crippen LogP contribution in [0.15, 0.2) is 12.1 Å². The van der Waals surface area contributed by atoms with Crippen molar-refractivity contribution in [1.29, 1.82) is 0 Å². The summed E-state index contributed by atoms with van der Waals surface area (Å²) >= 11 is 6.09. The van der Waals surface area contributed by atoms with Crippen molar-refractivity contribution >= 4 is 29.2 Å². The van der Waals surface area contributed by atoms with E-state index in [1.54, 1.807) is 13.2 Å². The van der Waals surface area contributed by atoms with Crippen LogP contribution in [0.25, 0.3) is 0 Å². The Hall–Kier alpha value is -2.03. The molecule has 31 heavy (non-hydrogen) atoms. The number of carbonyl (C=O) groups is 2. The summed E-state index contributed by atoms with van der Waals surface area (Å²) in [5.41, 5.74) is 6.51. The molecule has 0 bridgehead atoms. The zero-order valence-electron chi connectivity index (χ0n) is 18.6. The Bertz CT molecular complexity index is 746. The van der Waals surface area contributed by atoms with Gasteiger partial charge in [-0.05, 0) is 38.8 Å². The lowest BCUT2D eigenvalue weighted by atomic mass is 10.00. The number of benzene rings is 1. The first-order valence-electron chi connectivity index (χ1n) is 10.7. The summed E-state index contributed by atoms with van der Waals surface area (Å²) in [5, 5.41) is 3.37. The van der Waals surface area contributed by atoms with Gasteiger partial charge in [0.1, 0.15) is 5.75 Å². The number of methoxy groups -OCH3 is 2. The van der Waals surface area contributed by atoms with Gasteiger partial charge in [-0.25, -0.2) is 0 Å². The highest BCUT2D eigenvalue weighted by molar-refractivity contribution is 6.33. The first kappa shape index (κ1) is 25.2. The van der Waals surface area contributed by atoms with E-state index in [9.17, 15) is 9.59 Å². The predicted octanol–water partition coefficient (Wildman–Crippen LogP) is 2.87. The number of anilines is 1. The average Bonchev–Trinajstić information content (AvgIpc) is 2.75. The van der Waals surface area contributed by atoms with Crippen molar-refractivity contribution in [3.05, 3.63) is 22.7 Å². The molecule has 0 unspecified atom stereocenters. The second-order valence-electron chi connectivity index (χ2n) is 7.63. The van der Waals surface area contributed by atoms with Crippen LogP contribution >= 0.6 is 11.6 Å². The molecule has 0 aliphatic carbocycles. The fourth-order valence-corrected chi connectivity index (χ4v) is 3.93. The number of nitrogens with one attached hydrogen (secondary N) is 1. The number of nitrogens with zero attached hydrogens (tertiary/aromatic N) is 1. The fraction of sp³-hybridized carbons (Fsp3) is 0.636. The van der Waals surface area contributed by atoms with Crippen molar-refractivity contribution in [2.45, 2.75) is 51.2 Å². The van der Waals surface area contributed by atoms with Gasteiger partial charge in [-0.2, -0.15) is 0 Å². The summed E-state index contributed by atoms with van der Waals surface area (Å²) in [4.78, 5) is 26.6. The van der Waals surface area contributed by atoms with Crippen LogP contribution in [-0.2, 0) is 14.3 Å². The standard InChI is InChI=1S/C22H34ClN3O5/c1-4-31-21(27)8-6-5-7-10-26-11-9-18(20(14-26)30-3)25-22(28)15-12-16(23)17(24)13-19(15)29-2/h12-13,18,20H,4-11,14,24H2,1-3H3,(H,25,28)/t18-,20+/m0/s1. The van der Waals surface area contributed by atoms with E-state index in [4.69, 9.17) is 31.5 Å². The van der Waals surface area contributed by atoms with Gasteiger partial charge in [0.05, 0.1) is 42.1 Å². The number of unbranched alkanes of at least 4 members (excludes halogenated alkanes) is 2. The summed E-state index contributed by atoms with van der Waals surface area (Å²) in [6.45, 7) is 4.78. The van der Waals surface area contributed by atoms with Crippen LogP contribution in [-0.4, -0.2) is 69.4 Å². The Morgan fingerprint density at radius 2 is 2.03 bits per heavy atom. The van der Waals surface area contributed by atoms with Gasteiger partial charge in [0.15, 0.2) is 0 Å². The summed E-state index contributed by atoms with van der Waals surface area (Å²) in [5.74, 6) is -0.00985. The molecular formula is C22H34ClN3O5. The van der Waals surface area contributed by atoms with Gasteiger partial charge in [-0.15, -0.1) is 0 Å². The van der Waals surface area contributed by atoms with Gasteiger partial charge in [0, 0.05) is 32.7 Å². The van der Waals surface area contributed by atoms with Crippen LogP contribution in [0.1, 0.15) is 49.4 Å². The Kier molecular flexibility index (Phi) is 10.4. The molecule has 1 aliphatic rings. The van der Waals surface area contributed by atoms with Crippen LogP contribution in [0.2, 0.25) is 5.02 Å². The summed E-state index contributed by atoms with van der Waals surface area (Å²) in [6.07, 6.45) is 3.95. The lowest BCUT2D eigenvalue weighted by Gasteiger charge is -2.38. The molecule has 8 nitrogen and oxygen atoms in total. The van der Waals surface area contributed by atoms with Gasteiger partial charge >= 0.3 is 5.97 Å². The largest absolute Gasteiger partial charge is 0.496 e. The van der Waals surface area contributed by atoms with Gasteiger partial charge in [0.25, 0.3) is 5.91 Å². The van der Waals surface area contributed by atoms with Gasteiger partial charge in [0.2, 0.25) is 0 Å². The van der Waals surface area contributed by atoms with Gasteiger partial charge in [-0.1, -0.05) is 18.0 Å². The average molecular weight is 456 g/mol. The molecule has 3 N–H and O–H groups in total. The van der Waals surface area contributed by atoms with Crippen molar-refractivity contribution in [2.24, 2.45) is 0 Å². The number of hydrogen-bond acceptors (Lipinski definition) is 7. The molecule has 1 saturated heterocycles. The fourth-order valence-electron chi connectivity index (χ4n) is 3.76. The molecule has 0 saturated carbocycles. The van der Waals surface area contributed by atoms with E-state index in [2.05, 4.69) is 10.2 Å². The van der Waals surface area contributed by atoms with Gasteiger partial charge < -0.3 is 30.2 Å². The van der Waals surface area contributed by atoms with Crippen molar-refractivity contribution in [3.8, 4) is 5.75 Å². The number of likely N-dealkylation sites (tertiary alicyclic amines) is 1. The van der Waals surface area contributed by atoms with E-state index in [-0.39, 0.29) is 24.0 Å². The van der Waals surface area contributed by atoms with Crippen LogP contribution < -0.4 is 15.8 Å². The number of rotatable bonds is 11. The van der Waals surface area contributed by atoms with Crippen LogP contribution in [0.5, 0.6) is 5.75 Å². The number of esters is 1. The SMILES string of the molecule is CCOC(=O)CCCCCN1CC[C@H](NC(=O)c2cc(Cl)c(N)cc2OC)[C@H](OC)C1. The third-order valence-electron chi connectivity index (χ3n) is 5.49. The molecule has 174 valence electrons. The zero-order chi connectivity index (χ0) is 22.8. The number of piperidine rings is 1. The summed E-state index contributed by atoms with van der Waals surface area (Å²) in [7, 11) is 3.15. The number of nitrogen functional groups attached to an aromatic ring is 1. The molecule has 1 aromatic carbocycles. The zero-order valence-corrected chi connectivity index (χ0v) is 19.4. The third kappa shape index (κ3) is 7.55. The third-order valence-corrected chi connectivity index (χ3v) is 5.81. The highest BCUT2D eigenvalue weighted by atomic mass is 35.5. The minimum absolute atomic E-state index is 0.112. The van der Waals surface area contributed by atoms with E-state index >= 15 is 0 Å². The maximum atomic E-state index is 12.8. The molecule has 1 amide bonds. The van der Waals surface area contributed by atoms with Crippen molar-refractivity contribution in [1.82, 2.24) is 10.2 Å². The van der Waals surface area contributed by atoms with E-state index < -0.39 is 0 Å². The minimum atomic E-state index is -0.266. The molecule has 0 radical (unpaired) electrons. The number of nitrogens with two attached hydrogens (primary N) is 1. The molecule has 2 rings (SSSR count). The van der Waals surface area contributed by atoms with E-state index in [1.165, 1.54) is 13.2 Å². The smallest absolute Gasteiger partial charge is 0.305 e. The number of hydrogen-bond donors (Lipinski definition) is 2. The quantitative estimate of drug-likeness (QED) is 0.300. The monoisotopic (exact) mass is 455 g/mol. The highest BCUT2D eigenvalue weighted by Gasteiger charge is 2.31. The Balaban J connectivity index is 1.83. The predicted molar refractivity (Wildman–Crippen MR) is 121 cm³/mol. The number of amides is 1. The Morgan fingerprint density at radius 3 is 2.71 bits per heavy atom. The van der Waals surface area contributed by atoms with Crippen molar-refractivity contribution in [2.75, 3.05) is 46.2 Å². The van der Waals surface area contributed by atoms with E-state index in [0.29, 0.717) is 35.1 Å². The Morgan fingerprint density at radius 1 is 1.26 bits per heavy atom. The molecule has 9 heteroatoms. The van der Waals surface area contributed by atoms with E-state index in [1.807, 2.05) is 6.92 Å². The Labute approximate surface area is 189 Å². The highest BCUT2D eigenvalue weighted by Crippen LogP contribution is 2.29. The molecular weight excluding hydrogens is 422 g/mol. The summed E-state index contributed by atoms with van der Waals surface area (Å²) < 4.78 is 15.9. The molecule has 1 aromatic rings. The van der Waals surface area contributed by atoms with Crippen LogP contribution in [0.4, 0.5) is 5.69 Å². The molecule has 0 spiro atoms. The molecule has 1 heterocycles. The lowest BCUT2D eigenvalue weighted by molar-refractivity contribution is -0.143. The van der Waals surface area contributed by atoms with Gasteiger partial charge in [-0.3, -0.25) is 9.59 Å². The first-order valence-corrected chi connectivity index (χ1v) is 11.1. The first-order chi connectivity index (χ1) is 14.9. The van der Waals surface area contributed by atoms with Crippen LogP contribution in [0.3, 0.4) is 0 Å². The summed E-state index contributed by atoms with van der Waals surface area (Å²) in [6, 6.07) is 2.96. The van der Waals surface area contributed by atoms with Crippen LogP contribution in [0, 0.1) is 0 Å². The molecule has 0 aromatic heterocycles. The number of halogens is 1. The lowest BCUT2D eigenvalue weighted by Crippen LogP contribution is -2.54. The second-order valence-corrected chi connectivity index (χ2v) is 8.04. The maximum absolute atomic E-state index is 12.8. The maximum Gasteiger partial charge on any atom is 0.305 e.